The van der Waals surface area contributed by atoms with Gasteiger partial charge in [0.1, 0.15) is 11.5 Å². The van der Waals surface area contributed by atoms with Gasteiger partial charge >= 0.3 is 0 Å². The van der Waals surface area contributed by atoms with Gasteiger partial charge in [-0.2, -0.15) is 0 Å². The Morgan fingerprint density at radius 2 is 1.74 bits per heavy atom. The minimum Gasteiger partial charge on any atom is -0.483 e. The highest BCUT2D eigenvalue weighted by Gasteiger charge is 2.17. The number of ether oxygens (including phenoxy) is 2. The van der Waals surface area contributed by atoms with Gasteiger partial charge in [-0.3, -0.25) is 20.4 Å². The molecular weight excluding hydrogens is 480 g/mol. The van der Waals surface area contributed by atoms with Gasteiger partial charge < -0.3 is 9.47 Å². The van der Waals surface area contributed by atoms with E-state index in [4.69, 9.17) is 9.47 Å². The van der Waals surface area contributed by atoms with Crippen LogP contribution in [0.15, 0.2) is 45.3 Å². The van der Waals surface area contributed by atoms with E-state index in [9.17, 15) is 9.59 Å². The molecule has 2 aromatic carbocycles. The number of para-hydroxylation sites is 1. The van der Waals surface area contributed by atoms with Crippen molar-refractivity contribution in [1.29, 1.82) is 0 Å². The normalized spacial score (nSPS) is 11.4. The fourth-order valence-electron chi connectivity index (χ4n) is 2.22. The molecule has 0 aromatic heterocycles. The monoisotopic (exact) mass is 498 g/mol. The number of halogens is 2. The maximum atomic E-state index is 12.1. The van der Waals surface area contributed by atoms with Crippen molar-refractivity contribution in [2.45, 2.75) is 26.9 Å². The van der Waals surface area contributed by atoms with Gasteiger partial charge in [0.25, 0.3) is 11.8 Å². The highest BCUT2D eigenvalue weighted by molar-refractivity contribution is 9.11. The van der Waals surface area contributed by atoms with Gasteiger partial charge in [-0.05, 0) is 66.0 Å². The number of rotatable bonds is 6. The van der Waals surface area contributed by atoms with Crippen LogP contribution in [0.5, 0.6) is 11.5 Å². The van der Waals surface area contributed by atoms with Crippen molar-refractivity contribution < 1.29 is 19.1 Å². The highest BCUT2D eigenvalue weighted by Crippen LogP contribution is 2.28. The Balaban J connectivity index is 1.81. The van der Waals surface area contributed by atoms with Gasteiger partial charge in [0.05, 0.1) is 4.47 Å². The second kappa shape index (κ2) is 9.75. The first-order chi connectivity index (χ1) is 12.8. The Morgan fingerprint density at radius 1 is 1.07 bits per heavy atom. The highest BCUT2D eigenvalue weighted by atomic mass is 79.9. The zero-order valence-corrected chi connectivity index (χ0v) is 18.3. The molecule has 2 N–H and O–H groups in total. The molecule has 0 heterocycles. The molecule has 0 aliphatic rings. The lowest BCUT2D eigenvalue weighted by atomic mass is 10.1. The van der Waals surface area contributed by atoms with Crippen molar-refractivity contribution in [1.82, 2.24) is 10.9 Å². The topological polar surface area (TPSA) is 76.7 Å². The maximum absolute atomic E-state index is 12.1. The predicted molar refractivity (Wildman–Crippen MR) is 110 cm³/mol. The molecule has 0 bridgehead atoms. The fourth-order valence-corrected chi connectivity index (χ4v) is 3.38. The van der Waals surface area contributed by atoms with E-state index in [0.29, 0.717) is 16.0 Å². The summed E-state index contributed by atoms with van der Waals surface area (Å²) >= 11 is 6.69. The molecule has 144 valence electrons. The molecule has 2 rings (SSSR count). The molecule has 0 radical (unpaired) electrons. The van der Waals surface area contributed by atoms with Gasteiger partial charge in [-0.25, -0.2) is 0 Å². The van der Waals surface area contributed by atoms with Gasteiger partial charge in [0, 0.05) is 4.47 Å². The van der Waals surface area contributed by atoms with Gasteiger partial charge in [0.15, 0.2) is 12.7 Å². The van der Waals surface area contributed by atoms with Crippen LogP contribution in [0, 0.1) is 13.8 Å². The standard InChI is InChI=1S/C19H20Br2N2O4/c1-11-5-4-6-12(2)18(11)27-13(3)19(25)23-22-17(24)10-26-16-8-7-14(20)9-15(16)21/h4-9,13H,10H2,1-3H3,(H,22,24)(H,23,25). The number of hydrogen-bond acceptors (Lipinski definition) is 4. The first-order valence-corrected chi connectivity index (χ1v) is 9.76. The van der Waals surface area contributed by atoms with Crippen LogP contribution in [0.3, 0.4) is 0 Å². The Kier molecular flexibility index (Phi) is 7.67. The SMILES string of the molecule is Cc1cccc(C)c1OC(C)C(=O)NNC(=O)COc1ccc(Br)cc1Br. The van der Waals surface area contributed by atoms with E-state index in [1.807, 2.05) is 38.1 Å². The number of benzene rings is 2. The first-order valence-electron chi connectivity index (χ1n) is 8.17. The summed E-state index contributed by atoms with van der Waals surface area (Å²) in [7, 11) is 0. The Hall–Kier alpha value is -2.06. The number of carbonyl (C=O) groups excluding carboxylic acids is 2. The van der Waals surface area contributed by atoms with E-state index in [1.54, 1.807) is 19.1 Å². The van der Waals surface area contributed by atoms with Crippen LogP contribution < -0.4 is 20.3 Å². The fraction of sp³-hybridized carbons (Fsp3) is 0.263. The minimum absolute atomic E-state index is 0.243. The number of aryl methyl sites for hydroxylation is 2. The molecule has 2 aromatic rings. The predicted octanol–water partition coefficient (Wildman–Crippen LogP) is 3.82. The van der Waals surface area contributed by atoms with Crippen molar-refractivity contribution in [3.05, 3.63) is 56.5 Å². The lowest BCUT2D eigenvalue weighted by Crippen LogP contribution is -2.48. The second-order valence-corrected chi connectivity index (χ2v) is 7.65. The second-order valence-electron chi connectivity index (χ2n) is 5.88. The van der Waals surface area contributed by atoms with Crippen LogP contribution in [0.4, 0.5) is 0 Å². The molecule has 0 saturated heterocycles. The third kappa shape index (κ3) is 6.25. The summed E-state index contributed by atoms with van der Waals surface area (Å²) in [4.78, 5) is 24.0. The molecular formula is C19H20Br2N2O4. The van der Waals surface area contributed by atoms with Crippen LogP contribution in [0.25, 0.3) is 0 Å². The summed E-state index contributed by atoms with van der Waals surface area (Å²) in [6.07, 6.45) is -0.772. The molecule has 0 fully saturated rings. The Morgan fingerprint density at radius 3 is 2.37 bits per heavy atom. The molecule has 2 amide bonds. The van der Waals surface area contributed by atoms with E-state index in [0.717, 1.165) is 15.6 Å². The van der Waals surface area contributed by atoms with Crippen molar-refractivity contribution in [3.8, 4) is 11.5 Å². The molecule has 0 aliphatic heterocycles. The Labute approximate surface area is 174 Å². The quantitative estimate of drug-likeness (QED) is 0.592. The summed E-state index contributed by atoms with van der Waals surface area (Å²) in [5.41, 5.74) is 6.52. The summed E-state index contributed by atoms with van der Waals surface area (Å²) in [6, 6.07) is 11.1. The summed E-state index contributed by atoms with van der Waals surface area (Å²) in [5, 5.41) is 0. The van der Waals surface area contributed by atoms with Crippen LogP contribution in [-0.4, -0.2) is 24.5 Å². The van der Waals surface area contributed by atoms with Crippen LogP contribution in [0.2, 0.25) is 0 Å². The molecule has 8 heteroatoms. The van der Waals surface area contributed by atoms with Crippen molar-refractivity contribution in [2.24, 2.45) is 0 Å². The average Bonchev–Trinajstić information content (AvgIpc) is 2.62. The van der Waals surface area contributed by atoms with Crippen LogP contribution in [-0.2, 0) is 9.59 Å². The largest absolute Gasteiger partial charge is 0.483 e. The van der Waals surface area contributed by atoms with Crippen LogP contribution in [0.1, 0.15) is 18.1 Å². The molecule has 6 nitrogen and oxygen atoms in total. The summed E-state index contributed by atoms with van der Waals surface area (Å²) < 4.78 is 12.7. The maximum Gasteiger partial charge on any atom is 0.279 e. The van der Waals surface area contributed by atoms with Crippen molar-refractivity contribution in [3.63, 3.8) is 0 Å². The van der Waals surface area contributed by atoms with Gasteiger partial charge in [-0.1, -0.05) is 34.1 Å². The van der Waals surface area contributed by atoms with E-state index in [2.05, 4.69) is 42.7 Å². The minimum atomic E-state index is -0.772. The molecule has 0 saturated carbocycles. The third-order valence-corrected chi connectivity index (χ3v) is 4.76. The number of hydrazine groups is 1. The smallest absolute Gasteiger partial charge is 0.279 e. The molecule has 0 aliphatic carbocycles. The number of nitrogens with one attached hydrogen (secondary N) is 2. The molecule has 1 atom stereocenters. The molecule has 1 unspecified atom stereocenters. The van der Waals surface area contributed by atoms with E-state index in [1.165, 1.54) is 0 Å². The lowest BCUT2D eigenvalue weighted by Gasteiger charge is -2.18. The zero-order chi connectivity index (χ0) is 20.0. The number of hydrogen-bond donors (Lipinski definition) is 2. The first kappa shape index (κ1) is 21.2. The van der Waals surface area contributed by atoms with E-state index < -0.39 is 17.9 Å². The molecule has 0 spiro atoms. The average molecular weight is 500 g/mol. The summed E-state index contributed by atoms with van der Waals surface area (Å²) in [6.45, 7) is 5.19. The number of carbonyl (C=O) groups is 2. The van der Waals surface area contributed by atoms with E-state index >= 15 is 0 Å². The Bertz CT molecular complexity index is 822. The van der Waals surface area contributed by atoms with Crippen molar-refractivity contribution in [2.75, 3.05) is 6.61 Å². The van der Waals surface area contributed by atoms with Gasteiger partial charge in [-0.15, -0.1) is 0 Å². The van der Waals surface area contributed by atoms with Crippen LogP contribution >= 0.6 is 31.9 Å². The third-order valence-electron chi connectivity index (χ3n) is 3.65. The molecule has 27 heavy (non-hydrogen) atoms. The lowest BCUT2D eigenvalue weighted by molar-refractivity contribution is -0.133. The number of amides is 2. The van der Waals surface area contributed by atoms with Gasteiger partial charge in [0.2, 0.25) is 0 Å². The summed E-state index contributed by atoms with van der Waals surface area (Å²) in [5.74, 6) is 0.231. The zero-order valence-electron chi connectivity index (χ0n) is 15.1. The van der Waals surface area contributed by atoms with E-state index in [-0.39, 0.29) is 6.61 Å². The van der Waals surface area contributed by atoms with Crippen molar-refractivity contribution >= 4 is 43.7 Å².